The molecule has 0 aliphatic carbocycles. The third-order valence-electron chi connectivity index (χ3n) is 5.64. The zero-order valence-electron chi connectivity index (χ0n) is 19.6. The summed E-state index contributed by atoms with van der Waals surface area (Å²) >= 11 is 1.06. The molecule has 2 aromatic rings. The number of carbonyl (C=O) groups excluding carboxylic acids is 4. The molecule has 3 rings (SSSR count). The standard InChI is InChI=1S/C24H30N4O5S/c1-4-33-24(32)19-15(2)20(22(31)25-3)34-23(19)27-18(29)14-28-12-10-17(11-13-28)26-21(30)16-8-6-5-7-9-16/h5-9,17H,4,10-14H2,1-3H3,(H,25,31)(H,26,30)(H,27,29). The van der Waals surface area contributed by atoms with Crippen molar-refractivity contribution in [2.75, 3.05) is 38.6 Å². The van der Waals surface area contributed by atoms with Crippen LogP contribution in [0.2, 0.25) is 0 Å². The van der Waals surface area contributed by atoms with E-state index in [2.05, 4.69) is 16.0 Å². The van der Waals surface area contributed by atoms with Gasteiger partial charge in [0.1, 0.15) is 5.00 Å². The Morgan fingerprint density at radius 1 is 1.09 bits per heavy atom. The number of rotatable bonds is 8. The molecule has 3 amide bonds. The molecule has 0 unspecified atom stereocenters. The predicted octanol–water partition coefficient (Wildman–Crippen LogP) is 2.43. The molecule has 1 fully saturated rings. The topological polar surface area (TPSA) is 117 Å². The second kappa shape index (κ2) is 11.8. The average molecular weight is 487 g/mol. The first kappa shape index (κ1) is 25.4. The summed E-state index contributed by atoms with van der Waals surface area (Å²) in [5, 5.41) is 8.70. The third kappa shape index (κ3) is 6.21. The first-order chi connectivity index (χ1) is 16.3. The molecule has 34 heavy (non-hydrogen) atoms. The molecule has 2 heterocycles. The van der Waals surface area contributed by atoms with Crippen LogP contribution in [0.3, 0.4) is 0 Å². The number of benzene rings is 1. The second-order valence-corrected chi connectivity index (χ2v) is 9.02. The van der Waals surface area contributed by atoms with Crippen LogP contribution >= 0.6 is 11.3 Å². The van der Waals surface area contributed by atoms with Gasteiger partial charge in [-0.1, -0.05) is 18.2 Å². The van der Waals surface area contributed by atoms with Crippen LogP contribution in [0.1, 0.15) is 55.7 Å². The van der Waals surface area contributed by atoms with Crippen molar-refractivity contribution in [1.82, 2.24) is 15.5 Å². The van der Waals surface area contributed by atoms with E-state index >= 15 is 0 Å². The molecule has 182 valence electrons. The number of carbonyl (C=O) groups is 4. The lowest BCUT2D eigenvalue weighted by atomic mass is 10.0. The third-order valence-corrected chi connectivity index (χ3v) is 6.84. The van der Waals surface area contributed by atoms with Crippen molar-refractivity contribution >= 4 is 40.0 Å². The fourth-order valence-electron chi connectivity index (χ4n) is 3.84. The predicted molar refractivity (Wildman–Crippen MR) is 130 cm³/mol. The summed E-state index contributed by atoms with van der Waals surface area (Å²) in [5.74, 6) is -1.27. The zero-order valence-corrected chi connectivity index (χ0v) is 20.4. The number of nitrogens with zero attached hydrogens (tertiary/aromatic N) is 1. The van der Waals surface area contributed by atoms with Gasteiger partial charge in [-0.25, -0.2) is 4.79 Å². The minimum absolute atomic E-state index is 0.0532. The van der Waals surface area contributed by atoms with Crippen LogP contribution in [0.15, 0.2) is 30.3 Å². The fourth-order valence-corrected chi connectivity index (χ4v) is 5.00. The smallest absolute Gasteiger partial charge is 0.341 e. The monoisotopic (exact) mass is 486 g/mol. The number of anilines is 1. The normalized spacial score (nSPS) is 14.3. The van der Waals surface area contributed by atoms with Crippen LogP contribution < -0.4 is 16.0 Å². The van der Waals surface area contributed by atoms with Gasteiger partial charge in [-0.15, -0.1) is 11.3 Å². The van der Waals surface area contributed by atoms with Crippen molar-refractivity contribution in [2.24, 2.45) is 0 Å². The van der Waals surface area contributed by atoms with Gasteiger partial charge in [0, 0.05) is 31.7 Å². The molecule has 3 N–H and O–H groups in total. The maximum absolute atomic E-state index is 12.7. The van der Waals surface area contributed by atoms with Crippen LogP contribution in [0.5, 0.6) is 0 Å². The minimum atomic E-state index is -0.573. The molecule has 0 atom stereocenters. The van der Waals surface area contributed by atoms with Crippen LogP contribution in [-0.2, 0) is 9.53 Å². The van der Waals surface area contributed by atoms with E-state index in [1.54, 1.807) is 26.0 Å². The van der Waals surface area contributed by atoms with Crippen molar-refractivity contribution in [3.8, 4) is 0 Å². The van der Waals surface area contributed by atoms with Crippen molar-refractivity contribution in [1.29, 1.82) is 0 Å². The lowest BCUT2D eigenvalue weighted by molar-refractivity contribution is -0.117. The maximum Gasteiger partial charge on any atom is 0.341 e. The van der Waals surface area contributed by atoms with Crippen molar-refractivity contribution in [3.63, 3.8) is 0 Å². The van der Waals surface area contributed by atoms with E-state index in [-0.39, 0.29) is 42.5 Å². The Hall–Kier alpha value is -3.24. The van der Waals surface area contributed by atoms with Crippen LogP contribution in [-0.4, -0.2) is 67.9 Å². The molecule has 0 radical (unpaired) electrons. The van der Waals surface area contributed by atoms with Gasteiger partial charge < -0.3 is 20.7 Å². The summed E-state index contributed by atoms with van der Waals surface area (Å²) in [6, 6.07) is 9.14. The molecule has 0 bridgehead atoms. The van der Waals surface area contributed by atoms with Crippen molar-refractivity contribution in [3.05, 3.63) is 51.9 Å². The Morgan fingerprint density at radius 3 is 2.38 bits per heavy atom. The molecular weight excluding hydrogens is 456 g/mol. The Balaban J connectivity index is 1.57. The number of likely N-dealkylation sites (tertiary alicyclic amines) is 1. The van der Waals surface area contributed by atoms with Gasteiger partial charge in [0.2, 0.25) is 5.91 Å². The highest BCUT2D eigenvalue weighted by atomic mass is 32.1. The van der Waals surface area contributed by atoms with Gasteiger partial charge >= 0.3 is 5.97 Å². The summed E-state index contributed by atoms with van der Waals surface area (Å²) < 4.78 is 5.12. The summed E-state index contributed by atoms with van der Waals surface area (Å²) in [6.07, 6.45) is 1.47. The molecule has 1 aromatic carbocycles. The highest BCUT2D eigenvalue weighted by molar-refractivity contribution is 7.18. The molecule has 1 aliphatic rings. The Kier molecular flexibility index (Phi) is 8.78. The molecule has 0 saturated carbocycles. The number of esters is 1. The second-order valence-electron chi connectivity index (χ2n) is 8.00. The minimum Gasteiger partial charge on any atom is -0.462 e. The number of ether oxygens (including phenoxy) is 1. The maximum atomic E-state index is 12.7. The van der Waals surface area contributed by atoms with E-state index in [9.17, 15) is 19.2 Å². The first-order valence-corrected chi connectivity index (χ1v) is 12.1. The average Bonchev–Trinajstić information content (AvgIpc) is 3.15. The Morgan fingerprint density at radius 2 is 1.76 bits per heavy atom. The number of piperidine rings is 1. The Bertz CT molecular complexity index is 1050. The van der Waals surface area contributed by atoms with E-state index in [1.165, 1.54) is 7.05 Å². The van der Waals surface area contributed by atoms with Crippen molar-refractivity contribution in [2.45, 2.75) is 32.7 Å². The van der Waals surface area contributed by atoms with Gasteiger partial charge in [0.25, 0.3) is 11.8 Å². The molecular formula is C24H30N4O5S. The van der Waals surface area contributed by atoms with E-state index in [1.807, 2.05) is 23.1 Å². The van der Waals surface area contributed by atoms with Gasteiger partial charge in [0.15, 0.2) is 0 Å². The van der Waals surface area contributed by atoms with E-state index < -0.39 is 5.97 Å². The molecule has 9 nitrogen and oxygen atoms in total. The fraction of sp³-hybridized carbons (Fsp3) is 0.417. The van der Waals surface area contributed by atoms with Gasteiger partial charge in [0.05, 0.1) is 23.6 Å². The van der Waals surface area contributed by atoms with Gasteiger partial charge in [-0.2, -0.15) is 0 Å². The molecule has 1 saturated heterocycles. The highest BCUT2D eigenvalue weighted by Gasteiger charge is 2.27. The van der Waals surface area contributed by atoms with Crippen LogP contribution in [0.25, 0.3) is 0 Å². The van der Waals surface area contributed by atoms with E-state index in [4.69, 9.17) is 4.74 Å². The van der Waals surface area contributed by atoms with Crippen LogP contribution in [0.4, 0.5) is 5.00 Å². The number of hydrogen-bond acceptors (Lipinski definition) is 7. The SMILES string of the molecule is CCOC(=O)c1c(NC(=O)CN2CCC(NC(=O)c3ccccc3)CC2)sc(C(=O)NC)c1C. The zero-order chi connectivity index (χ0) is 24.7. The summed E-state index contributed by atoms with van der Waals surface area (Å²) in [4.78, 5) is 52.1. The molecule has 10 heteroatoms. The number of amides is 3. The van der Waals surface area contributed by atoms with E-state index in [0.717, 1.165) is 24.2 Å². The first-order valence-electron chi connectivity index (χ1n) is 11.2. The quantitative estimate of drug-likeness (QED) is 0.494. The van der Waals surface area contributed by atoms with Gasteiger partial charge in [-0.05, 0) is 44.4 Å². The largest absolute Gasteiger partial charge is 0.462 e. The highest BCUT2D eigenvalue weighted by Crippen LogP contribution is 2.33. The molecule has 1 aliphatic heterocycles. The summed E-state index contributed by atoms with van der Waals surface area (Å²) in [7, 11) is 1.51. The molecule has 0 spiro atoms. The van der Waals surface area contributed by atoms with Crippen molar-refractivity contribution < 1.29 is 23.9 Å². The van der Waals surface area contributed by atoms with E-state index in [0.29, 0.717) is 34.1 Å². The summed E-state index contributed by atoms with van der Waals surface area (Å²) in [6.45, 7) is 5.01. The lowest BCUT2D eigenvalue weighted by Crippen LogP contribution is -2.46. The Labute approximate surface area is 202 Å². The van der Waals surface area contributed by atoms with Crippen LogP contribution in [0, 0.1) is 6.92 Å². The lowest BCUT2D eigenvalue weighted by Gasteiger charge is -2.31. The number of thiophene rings is 1. The van der Waals surface area contributed by atoms with Gasteiger partial charge in [-0.3, -0.25) is 19.3 Å². The number of nitrogens with one attached hydrogen (secondary N) is 3. The summed E-state index contributed by atoms with van der Waals surface area (Å²) in [5.41, 5.74) is 1.32. The molecule has 1 aromatic heterocycles. The number of hydrogen-bond donors (Lipinski definition) is 3.